The molecule has 106 valence electrons. The van der Waals surface area contributed by atoms with Crippen molar-refractivity contribution in [3.63, 3.8) is 0 Å². The van der Waals surface area contributed by atoms with Crippen molar-refractivity contribution in [2.75, 3.05) is 0 Å². The summed E-state index contributed by atoms with van der Waals surface area (Å²) in [5.41, 5.74) is 1.97. The number of hydrogen-bond donors (Lipinski definition) is 1. The highest BCUT2D eigenvalue weighted by Gasteiger charge is 2.14. The van der Waals surface area contributed by atoms with Crippen LogP contribution >= 0.6 is 11.3 Å². The topological polar surface area (TPSA) is 76.2 Å². The van der Waals surface area contributed by atoms with E-state index in [0.717, 1.165) is 4.88 Å². The Morgan fingerprint density at radius 3 is 2.62 bits per heavy atom. The van der Waals surface area contributed by atoms with E-state index in [1.165, 1.54) is 22.6 Å². The molecule has 2 aromatic heterocycles. The number of carboxylic acids is 1. The zero-order valence-electron chi connectivity index (χ0n) is 11.5. The van der Waals surface area contributed by atoms with E-state index >= 15 is 0 Å². The molecule has 1 N–H and O–H groups in total. The number of aromatic carboxylic acids is 1. The Morgan fingerprint density at radius 2 is 1.95 bits per heavy atom. The molecule has 0 aliphatic rings. The fourth-order valence-corrected chi connectivity index (χ4v) is 2.86. The molecule has 0 amide bonds. The second kappa shape index (κ2) is 5.14. The van der Waals surface area contributed by atoms with E-state index in [0.29, 0.717) is 17.3 Å². The first kappa shape index (κ1) is 13.5. The van der Waals surface area contributed by atoms with Crippen LogP contribution in [0, 0.1) is 13.8 Å². The molecule has 0 atom stereocenters. The van der Waals surface area contributed by atoms with Gasteiger partial charge in [0.2, 0.25) is 5.89 Å². The highest BCUT2D eigenvalue weighted by atomic mass is 32.1. The summed E-state index contributed by atoms with van der Waals surface area (Å²) in [4.78, 5) is 13.1. The summed E-state index contributed by atoms with van der Waals surface area (Å²) < 4.78 is 5.65. The van der Waals surface area contributed by atoms with Crippen molar-refractivity contribution >= 4 is 17.3 Å². The van der Waals surface area contributed by atoms with Crippen molar-refractivity contribution < 1.29 is 14.3 Å². The van der Waals surface area contributed by atoms with Gasteiger partial charge in [-0.05, 0) is 43.7 Å². The molecule has 2 heterocycles. The second-order valence-electron chi connectivity index (χ2n) is 4.65. The molecular weight excluding hydrogens is 288 g/mol. The van der Waals surface area contributed by atoms with Crippen molar-refractivity contribution in [1.82, 2.24) is 10.2 Å². The first-order chi connectivity index (χ1) is 10.0. The number of thiophene rings is 1. The van der Waals surface area contributed by atoms with Crippen LogP contribution in [0.5, 0.6) is 0 Å². The molecule has 6 heteroatoms. The molecule has 0 aliphatic carbocycles. The van der Waals surface area contributed by atoms with Crippen LogP contribution in [0.25, 0.3) is 22.2 Å². The van der Waals surface area contributed by atoms with Gasteiger partial charge in [0.05, 0.1) is 10.4 Å². The highest BCUT2D eigenvalue weighted by molar-refractivity contribution is 7.15. The summed E-state index contributed by atoms with van der Waals surface area (Å²) in [5.74, 6) is -0.218. The molecule has 0 saturated carbocycles. The van der Waals surface area contributed by atoms with Gasteiger partial charge in [-0.15, -0.1) is 21.5 Å². The van der Waals surface area contributed by atoms with Gasteiger partial charge in [-0.2, -0.15) is 0 Å². The largest absolute Gasteiger partial charge is 0.478 e. The van der Waals surface area contributed by atoms with E-state index in [1.54, 1.807) is 23.5 Å². The van der Waals surface area contributed by atoms with Gasteiger partial charge >= 0.3 is 5.97 Å². The van der Waals surface area contributed by atoms with E-state index in [-0.39, 0.29) is 5.56 Å². The first-order valence-corrected chi connectivity index (χ1v) is 7.11. The third kappa shape index (κ3) is 2.57. The summed E-state index contributed by atoms with van der Waals surface area (Å²) in [5, 5.41) is 17.0. The zero-order chi connectivity index (χ0) is 15.0. The van der Waals surface area contributed by atoms with Gasteiger partial charge in [0, 0.05) is 10.4 Å². The van der Waals surface area contributed by atoms with Crippen molar-refractivity contribution in [3.05, 3.63) is 46.3 Å². The number of hydrogen-bond acceptors (Lipinski definition) is 5. The number of carbonyl (C=O) groups is 1. The van der Waals surface area contributed by atoms with Crippen molar-refractivity contribution in [1.29, 1.82) is 0 Å². The molecule has 1 aromatic carbocycles. The zero-order valence-corrected chi connectivity index (χ0v) is 12.3. The lowest BCUT2D eigenvalue weighted by molar-refractivity contribution is 0.0697. The fraction of sp³-hybridized carbons (Fsp3) is 0.133. The predicted molar refractivity (Wildman–Crippen MR) is 79.5 cm³/mol. The Hall–Kier alpha value is -2.47. The van der Waals surface area contributed by atoms with Crippen LogP contribution in [0.3, 0.4) is 0 Å². The van der Waals surface area contributed by atoms with Gasteiger partial charge in [-0.25, -0.2) is 4.79 Å². The van der Waals surface area contributed by atoms with Gasteiger partial charge in [0.25, 0.3) is 5.89 Å². The Morgan fingerprint density at radius 1 is 1.19 bits per heavy atom. The van der Waals surface area contributed by atoms with Gasteiger partial charge in [0.1, 0.15) is 0 Å². The summed E-state index contributed by atoms with van der Waals surface area (Å²) in [6.45, 7) is 4.07. The average Bonchev–Trinajstić information content (AvgIpc) is 3.07. The van der Waals surface area contributed by atoms with Crippen LogP contribution in [-0.4, -0.2) is 21.3 Å². The van der Waals surface area contributed by atoms with Gasteiger partial charge < -0.3 is 9.52 Å². The molecule has 0 bridgehead atoms. The minimum atomic E-state index is -0.985. The lowest BCUT2D eigenvalue weighted by Gasteiger charge is -1.97. The lowest BCUT2D eigenvalue weighted by atomic mass is 10.1. The van der Waals surface area contributed by atoms with Crippen LogP contribution in [-0.2, 0) is 0 Å². The number of nitrogens with zero attached hydrogens (tertiary/aromatic N) is 2. The molecule has 21 heavy (non-hydrogen) atoms. The number of rotatable bonds is 3. The van der Waals surface area contributed by atoms with Crippen LogP contribution in [0.2, 0.25) is 0 Å². The molecule has 0 aliphatic heterocycles. The minimum Gasteiger partial charge on any atom is -0.478 e. The molecule has 0 saturated heterocycles. The molecule has 0 unspecified atom stereocenters. The SMILES string of the molecule is Cc1cc(-c2nnc(-c3cccc(C(=O)O)c3)o2)sc1C. The average molecular weight is 300 g/mol. The number of aryl methyl sites for hydroxylation is 2. The second-order valence-corrected chi connectivity index (χ2v) is 5.90. The quantitative estimate of drug-likeness (QED) is 0.796. The van der Waals surface area contributed by atoms with E-state index in [1.807, 2.05) is 19.9 Å². The standard InChI is InChI=1S/C15H12N2O3S/c1-8-6-12(21-9(8)2)14-17-16-13(20-14)10-4-3-5-11(7-10)15(18)19/h3-7H,1-2H3,(H,18,19). The van der Waals surface area contributed by atoms with Crippen LogP contribution in [0.15, 0.2) is 34.7 Å². The third-order valence-electron chi connectivity index (χ3n) is 3.16. The van der Waals surface area contributed by atoms with E-state index < -0.39 is 5.97 Å². The summed E-state index contributed by atoms with van der Waals surface area (Å²) in [7, 11) is 0. The van der Waals surface area contributed by atoms with Crippen LogP contribution in [0.4, 0.5) is 0 Å². The molecule has 5 nitrogen and oxygen atoms in total. The summed E-state index contributed by atoms with van der Waals surface area (Å²) in [6, 6.07) is 8.45. The highest BCUT2D eigenvalue weighted by Crippen LogP contribution is 2.31. The van der Waals surface area contributed by atoms with E-state index in [4.69, 9.17) is 9.52 Å². The molecule has 0 radical (unpaired) electrons. The van der Waals surface area contributed by atoms with Crippen LogP contribution in [0.1, 0.15) is 20.8 Å². The lowest BCUT2D eigenvalue weighted by Crippen LogP contribution is -1.95. The fourth-order valence-electron chi connectivity index (χ4n) is 1.90. The van der Waals surface area contributed by atoms with E-state index in [9.17, 15) is 4.79 Å². The molecule has 0 spiro atoms. The van der Waals surface area contributed by atoms with Crippen molar-refractivity contribution in [2.45, 2.75) is 13.8 Å². The minimum absolute atomic E-state index is 0.190. The normalized spacial score (nSPS) is 10.8. The van der Waals surface area contributed by atoms with Crippen molar-refractivity contribution in [2.24, 2.45) is 0 Å². The van der Waals surface area contributed by atoms with Crippen molar-refractivity contribution in [3.8, 4) is 22.2 Å². The van der Waals surface area contributed by atoms with Gasteiger partial charge in [-0.3, -0.25) is 0 Å². The van der Waals surface area contributed by atoms with Gasteiger partial charge in [0.15, 0.2) is 0 Å². The Bertz CT molecular complexity index is 800. The third-order valence-corrected chi connectivity index (χ3v) is 4.30. The summed E-state index contributed by atoms with van der Waals surface area (Å²) in [6.07, 6.45) is 0. The maximum atomic E-state index is 11.0. The Balaban J connectivity index is 1.98. The smallest absolute Gasteiger partial charge is 0.335 e. The molecule has 3 rings (SSSR count). The molecular formula is C15H12N2O3S. The predicted octanol–water partition coefficient (Wildman–Crippen LogP) is 3.78. The maximum absolute atomic E-state index is 11.0. The first-order valence-electron chi connectivity index (χ1n) is 6.29. The Kier molecular flexibility index (Phi) is 3.31. The number of benzene rings is 1. The summed E-state index contributed by atoms with van der Waals surface area (Å²) >= 11 is 1.59. The van der Waals surface area contributed by atoms with Gasteiger partial charge in [-0.1, -0.05) is 6.07 Å². The maximum Gasteiger partial charge on any atom is 0.335 e. The van der Waals surface area contributed by atoms with Crippen LogP contribution < -0.4 is 0 Å². The number of aromatic nitrogens is 2. The number of carboxylic acid groups (broad SMARTS) is 1. The Labute approximate surface area is 124 Å². The molecule has 3 aromatic rings. The monoisotopic (exact) mass is 300 g/mol. The molecule has 0 fully saturated rings. The van der Waals surface area contributed by atoms with E-state index in [2.05, 4.69) is 10.2 Å².